The molecular formula is C31H31F2NO5. The molecule has 0 amide bonds. The summed E-state index contributed by atoms with van der Waals surface area (Å²) in [5.74, 6) is -4.46. The number of carbonyl (C=O) groups excluding carboxylic acids is 2. The zero-order valence-electron chi connectivity index (χ0n) is 22.4. The Kier molecular flexibility index (Phi) is 6.48. The number of hydrogen-bond acceptors (Lipinski definition) is 5. The molecule has 1 aliphatic heterocycles. The van der Waals surface area contributed by atoms with Crippen molar-refractivity contribution in [1.29, 1.82) is 0 Å². The van der Waals surface area contributed by atoms with Crippen LogP contribution in [0.25, 0.3) is 0 Å². The molecule has 0 unspecified atom stereocenters. The van der Waals surface area contributed by atoms with Crippen molar-refractivity contribution < 1.29 is 33.0 Å². The monoisotopic (exact) mass is 535 g/mol. The number of Topliss-reactive ketones (excluding diaryl/α,β-unsaturated/α-hetero) is 2. The van der Waals surface area contributed by atoms with Gasteiger partial charge in [0.05, 0.1) is 11.5 Å². The molecule has 204 valence electrons. The van der Waals surface area contributed by atoms with Gasteiger partial charge in [0, 0.05) is 53.1 Å². The Morgan fingerprint density at radius 3 is 1.85 bits per heavy atom. The maximum absolute atomic E-state index is 15.8. The number of allylic oxidation sites excluding steroid dienone is 4. The first kappa shape index (κ1) is 26.8. The van der Waals surface area contributed by atoms with Gasteiger partial charge in [0.2, 0.25) is 0 Å². The Hall–Kier alpha value is -3.81. The summed E-state index contributed by atoms with van der Waals surface area (Å²) in [4.78, 5) is 37.9. The van der Waals surface area contributed by atoms with Crippen molar-refractivity contribution in [2.24, 2.45) is 10.8 Å². The summed E-state index contributed by atoms with van der Waals surface area (Å²) in [6, 6.07) is 8.11. The number of aromatic carboxylic acids is 1. The predicted octanol–water partition coefficient (Wildman–Crippen LogP) is 6.22. The van der Waals surface area contributed by atoms with Crippen LogP contribution < -0.4 is 10.1 Å². The molecular weight excluding hydrogens is 504 g/mol. The second-order valence-corrected chi connectivity index (χ2v) is 12.3. The van der Waals surface area contributed by atoms with Crippen LogP contribution in [0.3, 0.4) is 0 Å². The van der Waals surface area contributed by atoms with E-state index in [0.29, 0.717) is 29.8 Å². The fourth-order valence-electron chi connectivity index (χ4n) is 6.01. The van der Waals surface area contributed by atoms with Crippen LogP contribution in [0.15, 0.2) is 58.9 Å². The van der Waals surface area contributed by atoms with E-state index in [1.54, 1.807) is 12.1 Å². The third kappa shape index (κ3) is 5.12. The second kappa shape index (κ2) is 9.43. The molecule has 2 aromatic carbocycles. The molecule has 2 aromatic rings. The third-order valence-corrected chi connectivity index (χ3v) is 7.67. The van der Waals surface area contributed by atoms with Crippen LogP contribution in [0.5, 0.6) is 5.75 Å². The average molecular weight is 536 g/mol. The molecule has 0 fully saturated rings. The molecule has 0 spiro atoms. The van der Waals surface area contributed by atoms with Gasteiger partial charge in [-0.3, -0.25) is 9.59 Å². The van der Waals surface area contributed by atoms with Gasteiger partial charge in [0.15, 0.2) is 11.6 Å². The van der Waals surface area contributed by atoms with E-state index < -0.39 is 23.5 Å². The fourth-order valence-corrected chi connectivity index (χ4v) is 6.01. The van der Waals surface area contributed by atoms with Crippen LogP contribution in [0.2, 0.25) is 0 Å². The van der Waals surface area contributed by atoms with E-state index in [1.165, 1.54) is 12.1 Å². The number of halogens is 2. The summed E-state index contributed by atoms with van der Waals surface area (Å²) < 4.78 is 37.1. The highest BCUT2D eigenvalue weighted by molar-refractivity contribution is 6.06. The van der Waals surface area contributed by atoms with Gasteiger partial charge in [-0.05, 0) is 41.4 Å². The minimum Gasteiger partial charge on any atom is -0.489 e. The first-order valence-corrected chi connectivity index (χ1v) is 13.0. The van der Waals surface area contributed by atoms with Crippen LogP contribution >= 0.6 is 0 Å². The molecule has 5 rings (SSSR count). The minimum atomic E-state index is -1.12. The lowest BCUT2D eigenvalue weighted by molar-refractivity contribution is -0.119. The summed E-state index contributed by atoms with van der Waals surface area (Å²) >= 11 is 0. The molecule has 0 bridgehead atoms. The van der Waals surface area contributed by atoms with Crippen LogP contribution in [0, 0.1) is 22.5 Å². The highest BCUT2D eigenvalue weighted by Gasteiger charge is 2.47. The van der Waals surface area contributed by atoms with E-state index in [0.717, 1.165) is 12.1 Å². The lowest BCUT2D eigenvalue weighted by atomic mass is 9.64. The molecule has 1 heterocycles. The van der Waals surface area contributed by atoms with Crippen molar-refractivity contribution in [1.82, 2.24) is 5.32 Å². The third-order valence-electron chi connectivity index (χ3n) is 7.67. The molecule has 3 aliphatic rings. The number of nitrogens with one attached hydrogen (secondary N) is 1. The number of ether oxygens (including phenoxy) is 1. The minimum absolute atomic E-state index is 0.0305. The van der Waals surface area contributed by atoms with Gasteiger partial charge in [0.1, 0.15) is 24.0 Å². The van der Waals surface area contributed by atoms with Gasteiger partial charge < -0.3 is 15.2 Å². The number of carbonyl (C=O) groups is 3. The maximum Gasteiger partial charge on any atom is 0.335 e. The SMILES string of the molecule is CC1(C)CC(=O)C2=C(C1)NC1=C(C(=O)CC(C)(C)C1)C2c1c(F)cc(OCc2ccc(C(=O)O)cc2)cc1F. The highest BCUT2D eigenvalue weighted by atomic mass is 19.1. The predicted molar refractivity (Wildman–Crippen MR) is 140 cm³/mol. The lowest BCUT2D eigenvalue weighted by Crippen LogP contribution is -2.42. The van der Waals surface area contributed by atoms with Crippen molar-refractivity contribution in [2.45, 2.75) is 65.9 Å². The number of rotatable bonds is 5. The van der Waals surface area contributed by atoms with E-state index in [4.69, 9.17) is 9.84 Å². The number of hydrogen-bond donors (Lipinski definition) is 2. The Labute approximate surface area is 225 Å². The van der Waals surface area contributed by atoms with Gasteiger partial charge in [-0.15, -0.1) is 0 Å². The quantitative estimate of drug-likeness (QED) is 0.473. The summed E-state index contributed by atoms with van der Waals surface area (Å²) in [7, 11) is 0. The topological polar surface area (TPSA) is 92.7 Å². The number of carboxylic acids is 1. The normalized spacial score (nSPS) is 20.4. The van der Waals surface area contributed by atoms with Crippen molar-refractivity contribution >= 4 is 17.5 Å². The smallest absolute Gasteiger partial charge is 0.335 e. The number of carboxylic acid groups (broad SMARTS) is 1. The standard InChI is InChI=1S/C31H31F2NO5/c1-30(2)11-21-26(23(35)13-30)28(27-22(34-21)12-31(3,4)14-24(27)36)25-19(32)9-18(10-20(25)33)39-15-16-5-7-17(8-6-16)29(37)38/h5-10,28,34H,11-15H2,1-4H3,(H,37,38). The van der Waals surface area contributed by atoms with Crippen LogP contribution in [0.1, 0.15) is 80.8 Å². The van der Waals surface area contributed by atoms with Crippen molar-refractivity contribution in [3.63, 3.8) is 0 Å². The van der Waals surface area contributed by atoms with Crippen molar-refractivity contribution in [3.8, 4) is 5.75 Å². The van der Waals surface area contributed by atoms with E-state index in [-0.39, 0.29) is 69.9 Å². The summed E-state index contributed by atoms with van der Waals surface area (Å²) in [5, 5.41) is 12.4. The van der Waals surface area contributed by atoms with Crippen LogP contribution in [-0.2, 0) is 16.2 Å². The molecule has 2 aliphatic carbocycles. The Morgan fingerprint density at radius 1 is 0.897 bits per heavy atom. The van der Waals surface area contributed by atoms with Gasteiger partial charge in [0.25, 0.3) is 0 Å². The molecule has 8 heteroatoms. The van der Waals surface area contributed by atoms with Crippen LogP contribution in [0.4, 0.5) is 8.78 Å². The fraction of sp³-hybridized carbons (Fsp3) is 0.387. The molecule has 0 saturated carbocycles. The first-order chi connectivity index (χ1) is 18.2. The van der Waals surface area contributed by atoms with Gasteiger partial charge in [-0.1, -0.05) is 39.8 Å². The number of ketones is 2. The Balaban J connectivity index is 1.53. The molecule has 6 nitrogen and oxygen atoms in total. The van der Waals surface area contributed by atoms with E-state index in [9.17, 15) is 14.4 Å². The molecule has 39 heavy (non-hydrogen) atoms. The van der Waals surface area contributed by atoms with Crippen molar-refractivity contribution in [3.05, 3.63) is 87.3 Å². The Bertz CT molecular complexity index is 1390. The molecule has 0 saturated heterocycles. The summed E-state index contributed by atoms with van der Waals surface area (Å²) in [5.41, 5.74) is 1.58. The zero-order valence-corrected chi connectivity index (χ0v) is 22.4. The van der Waals surface area contributed by atoms with E-state index >= 15 is 8.78 Å². The number of benzene rings is 2. The summed E-state index contributed by atoms with van der Waals surface area (Å²) in [6.07, 6.45) is 1.50. The first-order valence-electron chi connectivity index (χ1n) is 13.0. The molecule has 0 radical (unpaired) electrons. The summed E-state index contributed by atoms with van der Waals surface area (Å²) in [6.45, 7) is 7.89. The lowest BCUT2D eigenvalue weighted by Gasteiger charge is -2.44. The average Bonchev–Trinajstić information content (AvgIpc) is 2.80. The van der Waals surface area contributed by atoms with Crippen molar-refractivity contribution in [2.75, 3.05) is 0 Å². The Morgan fingerprint density at radius 2 is 1.38 bits per heavy atom. The van der Waals surface area contributed by atoms with E-state index in [1.807, 2.05) is 27.7 Å². The van der Waals surface area contributed by atoms with Gasteiger partial charge >= 0.3 is 5.97 Å². The molecule has 0 atom stereocenters. The molecule has 2 N–H and O–H groups in total. The highest BCUT2D eigenvalue weighted by Crippen LogP contribution is 2.52. The molecule has 0 aromatic heterocycles. The van der Waals surface area contributed by atoms with E-state index in [2.05, 4.69) is 5.32 Å². The van der Waals surface area contributed by atoms with Gasteiger partial charge in [-0.2, -0.15) is 0 Å². The largest absolute Gasteiger partial charge is 0.489 e. The second-order valence-electron chi connectivity index (χ2n) is 12.3. The van der Waals surface area contributed by atoms with Gasteiger partial charge in [-0.25, -0.2) is 13.6 Å². The van der Waals surface area contributed by atoms with Crippen LogP contribution in [-0.4, -0.2) is 22.6 Å². The maximum atomic E-state index is 15.8. The zero-order chi connectivity index (χ0) is 28.3. The number of dihydropyridines is 1.